The summed E-state index contributed by atoms with van der Waals surface area (Å²) in [6.07, 6.45) is 0.555. The number of guanidine groups is 1. The van der Waals surface area contributed by atoms with Crippen molar-refractivity contribution in [3.63, 3.8) is 0 Å². The van der Waals surface area contributed by atoms with Crippen molar-refractivity contribution < 1.29 is 9.53 Å². The highest BCUT2D eigenvalue weighted by Gasteiger charge is 2.23. The van der Waals surface area contributed by atoms with Gasteiger partial charge in [-0.05, 0) is 52.5 Å². The Balaban J connectivity index is 0.00000625. The number of nitrogens with zero attached hydrogens (tertiary/aromatic N) is 2. The molecule has 0 aromatic carbocycles. The average Bonchev–Trinajstić information content (AvgIpc) is 3.01. The van der Waals surface area contributed by atoms with E-state index >= 15 is 0 Å². The van der Waals surface area contributed by atoms with E-state index < -0.39 is 5.60 Å². The number of amides is 1. The van der Waals surface area contributed by atoms with Crippen molar-refractivity contribution in [3.8, 4) is 0 Å². The molecule has 1 aromatic heterocycles. The molecule has 0 aliphatic heterocycles. The van der Waals surface area contributed by atoms with Gasteiger partial charge in [0.2, 0.25) is 0 Å². The first kappa shape index (κ1) is 25.0. The number of aliphatic imine (C=N–C) groups is 1. The van der Waals surface area contributed by atoms with Gasteiger partial charge in [0.05, 0.1) is 6.54 Å². The molecule has 0 fully saturated rings. The van der Waals surface area contributed by atoms with E-state index in [1.165, 1.54) is 4.88 Å². The van der Waals surface area contributed by atoms with E-state index in [2.05, 4.69) is 27.1 Å². The number of carbonyl (C=O) groups is 1. The van der Waals surface area contributed by atoms with Gasteiger partial charge in [-0.3, -0.25) is 4.99 Å². The lowest BCUT2D eigenvalue weighted by Crippen LogP contribution is -2.43. The van der Waals surface area contributed by atoms with Gasteiger partial charge in [-0.1, -0.05) is 6.07 Å². The van der Waals surface area contributed by atoms with Crippen LogP contribution in [-0.4, -0.2) is 48.7 Å². The van der Waals surface area contributed by atoms with Crippen LogP contribution in [0.3, 0.4) is 0 Å². The zero-order chi connectivity index (χ0) is 18.9. The van der Waals surface area contributed by atoms with Crippen LogP contribution in [0, 0.1) is 0 Å². The highest BCUT2D eigenvalue weighted by Crippen LogP contribution is 2.12. The maximum absolute atomic E-state index is 12.3. The molecule has 0 bridgehead atoms. The van der Waals surface area contributed by atoms with Gasteiger partial charge >= 0.3 is 6.09 Å². The van der Waals surface area contributed by atoms with Crippen LogP contribution in [0.5, 0.6) is 0 Å². The lowest BCUT2D eigenvalue weighted by atomic mass is 10.2. The summed E-state index contributed by atoms with van der Waals surface area (Å²) in [6.45, 7) is 11.8. The van der Waals surface area contributed by atoms with Gasteiger partial charge in [0.15, 0.2) is 5.96 Å². The molecule has 1 aromatic rings. The highest BCUT2D eigenvalue weighted by molar-refractivity contribution is 14.0. The number of halogens is 1. The Morgan fingerprint density at radius 1 is 1.35 bits per heavy atom. The fraction of sp³-hybridized carbons (Fsp3) is 0.667. The number of thiophene rings is 1. The van der Waals surface area contributed by atoms with E-state index in [0.29, 0.717) is 6.54 Å². The van der Waals surface area contributed by atoms with Gasteiger partial charge in [-0.15, -0.1) is 35.3 Å². The number of ether oxygens (including phenoxy) is 1. The normalized spacial score (nSPS) is 11.7. The van der Waals surface area contributed by atoms with Crippen molar-refractivity contribution in [1.29, 1.82) is 0 Å². The molecule has 0 saturated heterocycles. The first-order valence-electron chi connectivity index (χ1n) is 8.69. The summed E-state index contributed by atoms with van der Waals surface area (Å²) >= 11 is 1.72. The lowest BCUT2D eigenvalue weighted by molar-refractivity contribution is 0.0190. The molecule has 26 heavy (non-hydrogen) atoms. The van der Waals surface area contributed by atoms with Crippen LogP contribution in [0.25, 0.3) is 0 Å². The minimum absolute atomic E-state index is 0. The Hall–Kier alpha value is -1.03. The van der Waals surface area contributed by atoms with Crippen LogP contribution >= 0.6 is 35.3 Å². The molecule has 8 heteroatoms. The molecule has 1 amide bonds. The zero-order valence-electron chi connectivity index (χ0n) is 16.7. The third kappa shape index (κ3) is 10.2. The number of hydrogen-bond acceptors (Lipinski definition) is 4. The third-order valence-corrected chi connectivity index (χ3v) is 4.23. The SMILES string of the molecule is CN=C(NCCCN(C(=O)OC(C)(C)C)C(C)C)NCc1cccs1.I. The smallest absolute Gasteiger partial charge is 0.410 e. The van der Waals surface area contributed by atoms with E-state index in [0.717, 1.165) is 25.5 Å². The first-order valence-corrected chi connectivity index (χ1v) is 9.57. The standard InChI is InChI=1S/C18H32N4O2S.HI/c1-14(2)22(17(23)24-18(3,4)5)11-8-10-20-16(19-6)21-13-15-9-7-12-25-15;/h7,9,12,14H,8,10-11,13H2,1-6H3,(H2,19,20,21);1H. The van der Waals surface area contributed by atoms with Crippen LogP contribution in [0.4, 0.5) is 4.79 Å². The summed E-state index contributed by atoms with van der Waals surface area (Å²) < 4.78 is 5.47. The Bertz CT molecular complexity index is 542. The monoisotopic (exact) mass is 496 g/mol. The van der Waals surface area contributed by atoms with Gasteiger partial charge in [-0.25, -0.2) is 4.79 Å². The second-order valence-electron chi connectivity index (χ2n) is 7.05. The van der Waals surface area contributed by atoms with E-state index in [9.17, 15) is 4.79 Å². The van der Waals surface area contributed by atoms with Crippen molar-refractivity contribution in [2.75, 3.05) is 20.1 Å². The van der Waals surface area contributed by atoms with Gasteiger partial charge in [0.25, 0.3) is 0 Å². The number of nitrogens with one attached hydrogen (secondary N) is 2. The van der Waals surface area contributed by atoms with Crippen molar-refractivity contribution in [2.24, 2.45) is 4.99 Å². The molecule has 1 rings (SSSR count). The molecule has 0 radical (unpaired) electrons. The Morgan fingerprint density at radius 2 is 2.04 bits per heavy atom. The fourth-order valence-electron chi connectivity index (χ4n) is 2.14. The largest absolute Gasteiger partial charge is 0.444 e. The molecule has 2 N–H and O–H groups in total. The Morgan fingerprint density at radius 3 is 2.54 bits per heavy atom. The van der Waals surface area contributed by atoms with Gasteiger partial charge in [0.1, 0.15) is 5.60 Å². The minimum atomic E-state index is -0.476. The number of carbonyl (C=O) groups excluding carboxylic acids is 1. The van der Waals surface area contributed by atoms with Gasteiger partial charge in [-0.2, -0.15) is 0 Å². The van der Waals surface area contributed by atoms with Crippen molar-refractivity contribution >= 4 is 47.4 Å². The van der Waals surface area contributed by atoms with Crippen LogP contribution in [0.15, 0.2) is 22.5 Å². The van der Waals surface area contributed by atoms with Crippen molar-refractivity contribution in [1.82, 2.24) is 15.5 Å². The van der Waals surface area contributed by atoms with E-state index in [-0.39, 0.29) is 36.1 Å². The molecule has 1 heterocycles. The summed E-state index contributed by atoms with van der Waals surface area (Å²) in [5.74, 6) is 0.766. The number of rotatable bonds is 7. The predicted molar refractivity (Wildman–Crippen MR) is 121 cm³/mol. The third-order valence-electron chi connectivity index (χ3n) is 3.35. The summed E-state index contributed by atoms with van der Waals surface area (Å²) in [5.41, 5.74) is -0.476. The van der Waals surface area contributed by atoms with E-state index in [1.807, 2.05) is 40.7 Å². The Kier molecular flexibility index (Phi) is 11.9. The van der Waals surface area contributed by atoms with Crippen LogP contribution < -0.4 is 10.6 Å². The van der Waals surface area contributed by atoms with Gasteiger partial charge < -0.3 is 20.3 Å². The molecular weight excluding hydrogens is 463 g/mol. The van der Waals surface area contributed by atoms with Crippen LogP contribution in [0.1, 0.15) is 45.9 Å². The molecule has 0 aliphatic carbocycles. The molecule has 0 unspecified atom stereocenters. The van der Waals surface area contributed by atoms with Crippen molar-refractivity contribution in [3.05, 3.63) is 22.4 Å². The molecule has 6 nitrogen and oxygen atoms in total. The second-order valence-corrected chi connectivity index (χ2v) is 8.09. The quantitative estimate of drug-likeness (QED) is 0.259. The summed E-state index contributed by atoms with van der Waals surface area (Å²) in [6, 6.07) is 4.23. The molecule has 0 aliphatic rings. The predicted octanol–water partition coefficient (Wildman–Crippen LogP) is 4.07. The molecule has 0 spiro atoms. The molecule has 0 atom stereocenters. The maximum Gasteiger partial charge on any atom is 0.410 e. The minimum Gasteiger partial charge on any atom is -0.444 e. The summed E-state index contributed by atoms with van der Waals surface area (Å²) in [4.78, 5) is 19.5. The molecule has 150 valence electrons. The lowest BCUT2D eigenvalue weighted by Gasteiger charge is -2.30. The topological polar surface area (TPSA) is 66.0 Å². The Labute approximate surface area is 178 Å². The van der Waals surface area contributed by atoms with Crippen molar-refractivity contribution in [2.45, 2.75) is 59.2 Å². The summed E-state index contributed by atoms with van der Waals surface area (Å²) in [5, 5.41) is 8.62. The molecular formula is C18H33IN4O2S. The van der Waals surface area contributed by atoms with Gasteiger partial charge in [0, 0.05) is 31.1 Å². The fourth-order valence-corrected chi connectivity index (χ4v) is 2.79. The maximum atomic E-state index is 12.3. The van der Waals surface area contributed by atoms with Crippen LogP contribution in [0.2, 0.25) is 0 Å². The second kappa shape index (κ2) is 12.4. The van der Waals surface area contributed by atoms with E-state index in [4.69, 9.17) is 4.74 Å². The summed E-state index contributed by atoms with van der Waals surface area (Å²) in [7, 11) is 1.75. The first-order chi connectivity index (χ1) is 11.7. The molecule has 0 saturated carbocycles. The van der Waals surface area contributed by atoms with Crippen LogP contribution in [-0.2, 0) is 11.3 Å². The van der Waals surface area contributed by atoms with E-state index in [1.54, 1.807) is 23.3 Å². The average molecular weight is 496 g/mol. The number of hydrogen-bond donors (Lipinski definition) is 2. The zero-order valence-corrected chi connectivity index (χ0v) is 19.8. The highest BCUT2D eigenvalue weighted by atomic mass is 127.